The first-order valence-corrected chi connectivity index (χ1v) is 13.4. The molecule has 0 aliphatic heterocycles. The van der Waals surface area contributed by atoms with Crippen LogP contribution in [-0.4, -0.2) is 38.9 Å². The van der Waals surface area contributed by atoms with Gasteiger partial charge in [-0.15, -0.1) is 0 Å². The fourth-order valence-electron chi connectivity index (χ4n) is 4.21. The maximum Gasteiger partial charge on any atom is 0.272 e. The standard InChI is InChI=1S/C35H32N2O6/c1-23-10-8-9-13-26(23)20-29(37-34(39)25-11-6-5-7-12-25)35(40)36-28-17-14-24(15-18-28)30(38)19-16-27-21-32(42-3)33(43-4)22-31(27)41-2/h5-22H,1-4H3,(H,36,40)(H,37,39)/b19-16+,29-20-. The highest BCUT2D eigenvalue weighted by Crippen LogP contribution is 2.35. The van der Waals surface area contributed by atoms with E-state index in [9.17, 15) is 14.4 Å². The van der Waals surface area contributed by atoms with Gasteiger partial charge in [-0.1, -0.05) is 42.5 Å². The van der Waals surface area contributed by atoms with Crippen molar-refractivity contribution in [2.24, 2.45) is 0 Å². The van der Waals surface area contributed by atoms with Crippen molar-refractivity contribution < 1.29 is 28.6 Å². The number of hydrogen-bond donors (Lipinski definition) is 2. The number of methoxy groups -OCH3 is 3. The van der Waals surface area contributed by atoms with E-state index >= 15 is 0 Å². The second kappa shape index (κ2) is 14.3. The molecule has 0 saturated carbocycles. The fraction of sp³-hybridized carbons (Fsp3) is 0.114. The summed E-state index contributed by atoms with van der Waals surface area (Å²) < 4.78 is 16.1. The van der Waals surface area contributed by atoms with Crippen LogP contribution in [0.1, 0.15) is 37.4 Å². The van der Waals surface area contributed by atoms with E-state index in [0.717, 1.165) is 11.1 Å². The molecule has 4 rings (SSSR count). The monoisotopic (exact) mass is 576 g/mol. The summed E-state index contributed by atoms with van der Waals surface area (Å²) in [4.78, 5) is 39.1. The quantitative estimate of drug-likeness (QED) is 0.160. The van der Waals surface area contributed by atoms with E-state index in [4.69, 9.17) is 14.2 Å². The van der Waals surface area contributed by atoms with Gasteiger partial charge in [-0.2, -0.15) is 0 Å². The van der Waals surface area contributed by atoms with Gasteiger partial charge in [0.1, 0.15) is 11.4 Å². The highest BCUT2D eigenvalue weighted by atomic mass is 16.5. The molecule has 0 spiro atoms. The Balaban J connectivity index is 1.51. The van der Waals surface area contributed by atoms with Crippen molar-refractivity contribution in [1.29, 1.82) is 0 Å². The minimum Gasteiger partial charge on any atom is -0.496 e. The van der Waals surface area contributed by atoms with Gasteiger partial charge in [0.15, 0.2) is 17.3 Å². The third kappa shape index (κ3) is 7.77. The van der Waals surface area contributed by atoms with Crippen LogP contribution in [0.2, 0.25) is 0 Å². The van der Waals surface area contributed by atoms with Crippen LogP contribution in [0.25, 0.3) is 12.2 Å². The summed E-state index contributed by atoms with van der Waals surface area (Å²) in [5.74, 6) is 0.378. The number of aryl methyl sites for hydroxylation is 1. The number of hydrogen-bond acceptors (Lipinski definition) is 6. The lowest BCUT2D eigenvalue weighted by atomic mass is 10.1. The second-order valence-corrected chi connectivity index (χ2v) is 9.41. The van der Waals surface area contributed by atoms with Gasteiger partial charge in [-0.05, 0) is 78.7 Å². The minimum absolute atomic E-state index is 0.0788. The second-order valence-electron chi connectivity index (χ2n) is 9.41. The van der Waals surface area contributed by atoms with E-state index in [-0.39, 0.29) is 11.5 Å². The summed E-state index contributed by atoms with van der Waals surface area (Å²) in [5, 5.41) is 5.54. The van der Waals surface area contributed by atoms with E-state index in [1.54, 1.807) is 72.8 Å². The summed E-state index contributed by atoms with van der Waals surface area (Å²) in [7, 11) is 4.59. The van der Waals surface area contributed by atoms with Crippen molar-refractivity contribution in [2.75, 3.05) is 26.6 Å². The molecule has 4 aromatic rings. The smallest absolute Gasteiger partial charge is 0.272 e. The van der Waals surface area contributed by atoms with Crippen molar-refractivity contribution in [2.45, 2.75) is 6.92 Å². The minimum atomic E-state index is -0.507. The molecule has 0 atom stereocenters. The van der Waals surface area contributed by atoms with Gasteiger partial charge >= 0.3 is 0 Å². The van der Waals surface area contributed by atoms with Crippen LogP contribution in [0.3, 0.4) is 0 Å². The molecule has 0 radical (unpaired) electrons. The number of ether oxygens (including phenoxy) is 3. The largest absolute Gasteiger partial charge is 0.496 e. The molecule has 0 aliphatic rings. The van der Waals surface area contributed by atoms with Crippen molar-refractivity contribution in [3.8, 4) is 17.2 Å². The van der Waals surface area contributed by atoms with Crippen LogP contribution in [0.4, 0.5) is 5.69 Å². The van der Waals surface area contributed by atoms with Crippen LogP contribution in [0, 0.1) is 6.92 Å². The van der Waals surface area contributed by atoms with Crippen molar-refractivity contribution in [1.82, 2.24) is 5.32 Å². The first kappa shape index (κ1) is 30.3. The van der Waals surface area contributed by atoms with Crippen LogP contribution < -0.4 is 24.8 Å². The molecule has 2 amide bonds. The molecule has 2 N–H and O–H groups in total. The van der Waals surface area contributed by atoms with Crippen LogP contribution >= 0.6 is 0 Å². The SMILES string of the molecule is COc1cc(OC)c(OC)cc1/C=C/C(=O)c1ccc(NC(=O)/C(=C/c2ccccc2C)NC(=O)c2ccccc2)cc1. The topological polar surface area (TPSA) is 103 Å². The van der Waals surface area contributed by atoms with Crippen molar-refractivity contribution in [3.05, 3.63) is 131 Å². The van der Waals surface area contributed by atoms with Gasteiger partial charge in [0, 0.05) is 28.4 Å². The maximum atomic E-state index is 13.3. The number of nitrogens with one attached hydrogen (secondary N) is 2. The third-order valence-electron chi connectivity index (χ3n) is 6.59. The lowest BCUT2D eigenvalue weighted by molar-refractivity contribution is -0.113. The summed E-state index contributed by atoms with van der Waals surface area (Å²) in [6.07, 6.45) is 4.70. The van der Waals surface area contributed by atoms with Crippen LogP contribution in [0.5, 0.6) is 17.2 Å². The molecule has 0 aliphatic carbocycles. The highest BCUT2D eigenvalue weighted by molar-refractivity contribution is 6.11. The van der Waals surface area contributed by atoms with Gasteiger partial charge in [-0.3, -0.25) is 14.4 Å². The predicted molar refractivity (Wildman–Crippen MR) is 168 cm³/mol. The molecule has 0 aromatic heterocycles. The summed E-state index contributed by atoms with van der Waals surface area (Å²) in [6.45, 7) is 1.92. The normalized spacial score (nSPS) is 11.1. The van der Waals surface area contributed by atoms with Gasteiger partial charge in [0.2, 0.25) is 0 Å². The molecule has 8 heteroatoms. The van der Waals surface area contributed by atoms with Gasteiger partial charge < -0.3 is 24.8 Å². The van der Waals surface area contributed by atoms with Crippen molar-refractivity contribution >= 4 is 35.4 Å². The number of anilines is 1. The first-order chi connectivity index (χ1) is 20.8. The molecule has 4 aromatic carbocycles. The number of amides is 2. The van der Waals surface area contributed by atoms with E-state index < -0.39 is 11.8 Å². The van der Waals surface area contributed by atoms with E-state index in [1.165, 1.54) is 27.4 Å². The number of ketones is 1. The Morgan fingerprint density at radius 2 is 1.30 bits per heavy atom. The summed E-state index contributed by atoms with van der Waals surface area (Å²) in [5.41, 5.74) is 3.76. The van der Waals surface area contributed by atoms with Gasteiger partial charge in [0.05, 0.1) is 21.3 Å². The Hall–Kier alpha value is -5.63. The number of rotatable bonds is 11. The highest BCUT2D eigenvalue weighted by Gasteiger charge is 2.16. The lowest BCUT2D eigenvalue weighted by Crippen LogP contribution is -2.30. The van der Waals surface area contributed by atoms with Gasteiger partial charge in [0.25, 0.3) is 11.8 Å². The molecule has 0 saturated heterocycles. The molecular formula is C35H32N2O6. The zero-order chi connectivity index (χ0) is 30.8. The third-order valence-corrected chi connectivity index (χ3v) is 6.59. The molecular weight excluding hydrogens is 544 g/mol. The van der Waals surface area contributed by atoms with Gasteiger partial charge in [-0.25, -0.2) is 0 Å². The Morgan fingerprint density at radius 1 is 0.674 bits per heavy atom. The first-order valence-electron chi connectivity index (χ1n) is 13.4. The zero-order valence-corrected chi connectivity index (χ0v) is 24.3. The van der Waals surface area contributed by atoms with E-state index in [1.807, 2.05) is 37.3 Å². The number of carbonyl (C=O) groups excluding carboxylic acids is 3. The van der Waals surface area contributed by atoms with E-state index in [2.05, 4.69) is 10.6 Å². The molecule has 0 unspecified atom stereocenters. The fourth-order valence-corrected chi connectivity index (χ4v) is 4.21. The Morgan fingerprint density at radius 3 is 1.95 bits per heavy atom. The maximum absolute atomic E-state index is 13.3. The van der Waals surface area contributed by atoms with E-state index in [0.29, 0.717) is 39.6 Å². The predicted octanol–water partition coefficient (Wildman–Crippen LogP) is 6.33. The number of carbonyl (C=O) groups is 3. The molecule has 0 fully saturated rings. The zero-order valence-electron chi connectivity index (χ0n) is 24.3. The molecule has 218 valence electrons. The van der Waals surface area contributed by atoms with Crippen LogP contribution in [-0.2, 0) is 4.79 Å². The average molecular weight is 577 g/mol. The Labute approximate surface area is 250 Å². The number of benzene rings is 4. The molecule has 8 nitrogen and oxygen atoms in total. The average Bonchev–Trinajstić information content (AvgIpc) is 3.04. The summed E-state index contributed by atoms with van der Waals surface area (Å²) >= 11 is 0. The van der Waals surface area contributed by atoms with Crippen molar-refractivity contribution in [3.63, 3.8) is 0 Å². The Bertz CT molecular complexity index is 1670. The number of allylic oxidation sites excluding steroid dienone is 1. The lowest BCUT2D eigenvalue weighted by Gasteiger charge is -2.12. The Kier molecular flexibility index (Phi) is 10.1. The summed E-state index contributed by atoms with van der Waals surface area (Å²) in [6, 6.07) is 26.1. The molecule has 43 heavy (non-hydrogen) atoms. The molecule has 0 heterocycles. The molecule has 0 bridgehead atoms. The van der Waals surface area contributed by atoms with Crippen LogP contribution in [0.15, 0.2) is 103 Å².